The standard InChI is InChI=1S/C18H22N2O4S/c1-4-24-14-7-5-13(6-8-14)17-19-15(11-25-17)18(23)20(9-12(2)3)10-16(21)22/h5-8,11-12H,4,9-10H2,1-3H3,(H,21,22). The molecule has 0 atom stereocenters. The number of amides is 1. The first-order valence-electron chi connectivity index (χ1n) is 8.10. The van der Waals surface area contributed by atoms with Crippen LogP contribution < -0.4 is 4.74 Å². The fraction of sp³-hybridized carbons (Fsp3) is 0.389. The van der Waals surface area contributed by atoms with Crippen LogP contribution in [0.4, 0.5) is 0 Å². The molecule has 0 saturated heterocycles. The molecule has 0 bridgehead atoms. The van der Waals surface area contributed by atoms with Gasteiger partial charge in [-0.1, -0.05) is 13.8 Å². The van der Waals surface area contributed by atoms with Crippen molar-refractivity contribution in [3.8, 4) is 16.3 Å². The van der Waals surface area contributed by atoms with E-state index in [2.05, 4.69) is 4.98 Å². The van der Waals surface area contributed by atoms with Crippen LogP contribution in [0.5, 0.6) is 5.75 Å². The third-order valence-electron chi connectivity index (χ3n) is 3.33. The van der Waals surface area contributed by atoms with Gasteiger partial charge in [-0.2, -0.15) is 0 Å². The van der Waals surface area contributed by atoms with E-state index in [-0.39, 0.29) is 24.1 Å². The molecule has 0 aliphatic heterocycles. The first-order valence-corrected chi connectivity index (χ1v) is 8.98. The largest absolute Gasteiger partial charge is 0.494 e. The van der Waals surface area contributed by atoms with Crippen molar-refractivity contribution < 1.29 is 19.4 Å². The lowest BCUT2D eigenvalue weighted by molar-refractivity contribution is -0.137. The first-order chi connectivity index (χ1) is 11.9. The number of carbonyl (C=O) groups excluding carboxylic acids is 1. The summed E-state index contributed by atoms with van der Waals surface area (Å²) in [6.45, 7) is 6.45. The number of carboxylic acid groups (broad SMARTS) is 1. The SMILES string of the molecule is CCOc1ccc(-c2nc(C(=O)N(CC(=O)O)CC(C)C)cs2)cc1. The van der Waals surface area contributed by atoms with E-state index < -0.39 is 5.97 Å². The van der Waals surface area contributed by atoms with E-state index in [0.717, 1.165) is 11.3 Å². The Balaban J connectivity index is 2.17. The molecule has 25 heavy (non-hydrogen) atoms. The molecular formula is C18H22N2O4S. The lowest BCUT2D eigenvalue weighted by Crippen LogP contribution is -2.38. The van der Waals surface area contributed by atoms with Crippen molar-refractivity contribution in [1.29, 1.82) is 0 Å². The topological polar surface area (TPSA) is 79.7 Å². The van der Waals surface area contributed by atoms with Crippen molar-refractivity contribution in [1.82, 2.24) is 9.88 Å². The van der Waals surface area contributed by atoms with Crippen LogP contribution in [0.2, 0.25) is 0 Å². The molecule has 0 aliphatic rings. The lowest BCUT2D eigenvalue weighted by Gasteiger charge is -2.21. The molecule has 2 rings (SSSR count). The number of carboxylic acids is 1. The zero-order valence-corrected chi connectivity index (χ0v) is 15.4. The molecule has 0 unspecified atom stereocenters. The van der Waals surface area contributed by atoms with Gasteiger partial charge in [0, 0.05) is 17.5 Å². The molecule has 2 aromatic rings. The minimum atomic E-state index is -1.03. The highest BCUT2D eigenvalue weighted by Crippen LogP contribution is 2.26. The van der Waals surface area contributed by atoms with E-state index in [9.17, 15) is 9.59 Å². The highest BCUT2D eigenvalue weighted by Gasteiger charge is 2.22. The molecule has 1 aromatic heterocycles. The second-order valence-electron chi connectivity index (χ2n) is 5.97. The van der Waals surface area contributed by atoms with Gasteiger partial charge in [-0.05, 0) is 37.1 Å². The van der Waals surface area contributed by atoms with Crippen molar-refractivity contribution >= 4 is 23.2 Å². The Morgan fingerprint density at radius 1 is 1.28 bits per heavy atom. The summed E-state index contributed by atoms with van der Waals surface area (Å²) >= 11 is 1.36. The van der Waals surface area contributed by atoms with E-state index in [1.165, 1.54) is 16.2 Å². The Hall–Kier alpha value is -2.41. The van der Waals surface area contributed by atoms with Gasteiger partial charge in [0.2, 0.25) is 0 Å². The number of aromatic nitrogens is 1. The van der Waals surface area contributed by atoms with Crippen molar-refractivity contribution in [2.75, 3.05) is 19.7 Å². The molecule has 0 fully saturated rings. The summed E-state index contributed by atoms with van der Waals surface area (Å²) in [5, 5.41) is 11.4. The van der Waals surface area contributed by atoms with Crippen LogP contribution in [-0.4, -0.2) is 46.6 Å². The van der Waals surface area contributed by atoms with E-state index in [1.54, 1.807) is 5.38 Å². The minimum Gasteiger partial charge on any atom is -0.494 e. The maximum atomic E-state index is 12.6. The zero-order chi connectivity index (χ0) is 18.4. The summed E-state index contributed by atoms with van der Waals surface area (Å²) in [6.07, 6.45) is 0. The van der Waals surface area contributed by atoms with E-state index in [1.807, 2.05) is 45.0 Å². The minimum absolute atomic E-state index is 0.174. The molecule has 1 amide bonds. The maximum Gasteiger partial charge on any atom is 0.323 e. The van der Waals surface area contributed by atoms with Crippen LogP contribution in [0.25, 0.3) is 10.6 Å². The van der Waals surface area contributed by atoms with Crippen LogP contribution in [0.3, 0.4) is 0 Å². The van der Waals surface area contributed by atoms with E-state index in [0.29, 0.717) is 18.2 Å². The third kappa shape index (κ3) is 5.29. The molecule has 7 heteroatoms. The number of hydrogen-bond acceptors (Lipinski definition) is 5. The summed E-state index contributed by atoms with van der Waals surface area (Å²) in [6, 6.07) is 7.50. The summed E-state index contributed by atoms with van der Waals surface area (Å²) in [7, 11) is 0. The molecule has 6 nitrogen and oxygen atoms in total. The van der Waals surface area contributed by atoms with Gasteiger partial charge in [-0.15, -0.1) is 11.3 Å². The third-order valence-corrected chi connectivity index (χ3v) is 4.23. The van der Waals surface area contributed by atoms with Crippen LogP contribution in [0.1, 0.15) is 31.3 Å². The van der Waals surface area contributed by atoms with E-state index >= 15 is 0 Å². The number of thiazole rings is 1. The number of benzene rings is 1. The Labute approximate surface area is 151 Å². The Bertz CT molecular complexity index is 725. The van der Waals surface area contributed by atoms with Crippen LogP contribution in [-0.2, 0) is 4.79 Å². The quantitative estimate of drug-likeness (QED) is 0.778. The van der Waals surface area contributed by atoms with Crippen molar-refractivity contribution in [3.63, 3.8) is 0 Å². The van der Waals surface area contributed by atoms with Gasteiger partial charge in [0.15, 0.2) is 0 Å². The Morgan fingerprint density at radius 3 is 2.52 bits per heavy atom. The highest BCUT2D eigenvalue weighted by atomic mass is 32.1. The molecule has 0 spiro atoms. The predicted octanol–water partition coefficient (Wildman–Crippen LogP) is 3.39. The van der Waals surface area contributed by atoms with Crippen LogP contribution >= 0.6 is 11.3 Å². The predicted molar refractivity (Wildman–Crippen MR) is 97.1 cm³/mol. The number of nitrogens with zero attached hydrogens (tertiary/aromatic N) is 2. The smallest absolute Gasteiger partial charge is 0.323 e. The molecule has 134 valence electrons. The van der Waals surface area contributed by atoms with E-state index in [4.69, 9.17) is 9.84 Å². The molecular weight excluding hydrogens is 340 g/mol. The number of ether oxygens (including phenoxy) is 1. The summed E-state index contributed by atoms with van der Waals surface area (Å²) in [5.41, 5.74) is 1.16. The van der Waals surface area contributed by atoms with Crippen LogP contribution in [0, 0.1) is 5.92 Å². The average molecular weight is 362 g/mol. The highest BCUT2D eigenvalue weighted by molar-refractivity contribution is 7.13. The molecule has 0 aliphatic carbocycles. The second kappa shape index (κ2) is 8.62. The monoisotopic (exact) mass is 362 g/mol. The fourth-order valence-corrected chi connectivity index (χ4v) is 3.15. The second-order valence-corrected chi connectivity index (χ2v) is 6.83. The molecule has 1 N–H and O–H groups in total. The molecule has 0 radical (unpaired) electrons. The Kier molecular flexibility index (Phi) is 6.52. The number of rotatable bonds is 8. The molecule has 0 saturated carbocycles. The van der Waals surface area contributed by atoms with Gasteiger partial charge in [-0.3, -0.25) is 9.59 Å². The van der Waals surface area contributed by atoms with Gasteiger partial charge in [0.05, 0.1) is 6.61 Å². The average Bonchev–Trinajstić information content (AvgIpc) is 3.03. The number of hydrogen-bond donors (Lipinski definition) is 1. The van der Waals surface area contributed by atoms with Crippen molar-refractivity contribution in [3.05, 3.63) is 35.3 Å². The van der Waals surface area contributed by atoms with Crippen molar-refractivity contribution in [2.45, 2.75) is 20.8 Å². The van der Waals surface area contributed by atoms with Crippen LogP contribution in [0.15, 0.2) is 29.6 Å². The van der Waals surface area contributed by atoms with Gasteiger partial charge in [-0.25, -0.2) is 4.98 Å². The van der Waals surface area contributed by atoms with Gasteiger partial charge in [0.1, 0.15) is 23.0 Å². The fourth-order valence-electron chi connectivity index (χ4n) is 2.35. The molecule has 1 heterocycles. The summed E-state index contributed by atoms with van der Waals surface area (Å²) in [5.74, 6) is -0.434. The van der Waals surface area contributed by atoms with Gasteiger partial charge in [0.25, 0.3) is 5.91 Å². The normalized spacial score (nSPS) is 10.7. The van der Waals surface area contributed by atoms with Gasteiger partial charge < -0.3 is 14.7 Å². The first kappa shape index (κ1) is 18.9. The van der Waals surface area contributed by atoms with Gasteiger partial charge >= 0.3 is 5.97 Å². The number of aliphatic carboxylic acids is 1. The van der Waals surface area contributed by atoms with Crippen molar-refractivity contribution in [2.24, 2.45) is 5.92 Å². The zero-order valence-electron chi connectivity index (χ0n) is 14.6. The summed E-state index contributed by atoms with van der Waals surface area (Å²) < 4.78 is 5.41. The summed E-state index contributed by atoms with van der Waals surface area (Å²) in [4.78, 5) is 29.3. The Morgan fingerprint density at radius 2 is 1.96 bits per heavy atom. The lowest BCUT2D eigenvalue weighted by atomic mass is 10.2. The maximum absolute atomic E-state index is 12.6. The molecule has 1 aromatic carbocycles. The number of carbonyl (C=O) groups is 2.